The Morgan fingerprint density at radius 2 is 1.78 bits per heavy atom. The van der Waals surface area contributed by atoms with Crippen LogP contribution in [0.1, 0.15) is 17.2 Å². The number of morpholine rings is 2. The zero-order valence-electron chi connectivity index (χ0n) is 14.0. The summed E-state index contributed by atoms with van der Waals surface area (Å²) in [5.74, 6) is 0. The number of hydrogen-bond donors (Lipinski definition) is 1. The average molecular weight is 320 g/mol. The molecule has 0 bridgehead atoms. The van der Waals surface area contributed by atoms with Crippen LogP contribution in [0.2, 0.25) is 0 Å². The molecule has 2 saturated heterocycles. The second kappa shape index (κ2) is 8.22. The highest BCUT2D eigenvalue weighted by Gasteiger charge is 2.25. The van der Waals surface area contributed by atoms with Crippen LogP contribution in [0.5, 0.6) is 0 Å². The molecule has 1 N–H and O–H groups in total. The maximum Gasteiger partial charge on any atom is 0.0954 e. The molecule has 0 spiro atoms. The summed E-state index contributed by atoms with van der Waals surface area (Å²) in [6.07, 6.45) is -0.204. The van der Waals surface area contributed by atoms with Gasteiger partial charge in [-0.2, -0.15) is 0 Å². The third-order valence-corrected chi connectivity index (χ3v) is 4.73. The molecule has 0 amide bonds. The third kappa shape index (κ3) is 4.75. The number of benzene rings is 1. The van der Waals surface area contributed by atoms with Crippen LogP contribution in [0.25, 0.3) is 0 Å². The highest BCUT2D eigenvalue weighted by atomic mass is 16.5. The molecule has 1 aromatic rings. The number of ether oxygens (including phenoxy) is 2. The van der Waals surface area contributed by atoms with E-state index in [9.17, 15) is 5.11 Å². The van der Waals surface area contributed by atoms with Crippen LogP contribution in [0, 0.1) is 6.92 Å². The van der Waals surface area contributed by atoms with Gasteiger partial charge in [-0.1, -0.05) is 24.3 Å². The molecule has 0 radical (unpaired) electrons. The molecule has 5 nitrogen and oxygen atoms in total. The summed E-state index contributed by atoms with van der Waals surface area (Å²) in [5.41, 5.74) is 2.54. The summed E-state index contributed by atoms with van der Waals surface area (Å²) in [4.78, 5) is 4.61. The van der Waals surface area contributed by atoms with Crippen LogP contribution in [0.15, 0.2) is 24.3 Å². The second-order valence-corrected chi connectivity index (χ2v) is 6.54. The lowest BCUT2D eigenvalue weighted by molar-refractivity contribution is -0.0488. The van der Waals surface area contributed by atoms with E-state index >= 15 is 0 Å². The van der Waals surface area contributed by atoms with Crippen molar-refractivity contribution in [2.75, 3.05) is 59.1 Å². The van der Waals surface area contributed by atoms with Crippen LogP contribution in [0.3, 0.4) is 0 Å². The quantitative estimate of drug-likeness (QED) is 0.879. The molecule has 23 heavy (non-hydrogen) atoms. The number of nitrogens with zero attached hydrogens (tertiary/aromatic N) is 2. The van der Waals surface area contributed by atoms with Gasteiger partial charge in [-0.25, -0.2) is 0 Å². The Morgan fingerprint density at radius 3 is 2.57 bits per heavy atom. The molecule has 2 unspecified atom stereocenters. The predicted molar refractivity (Wildman–Crippen MR) is 89.6 cm³/mol. The van der Waals surface area contributed by atoms with Crippen LogP contribution in [-0.4, -0.2) is 80.1 Å². The maximum absolute atomic E-state index is 10.4. The van der Waals surface area contributed by atoms with Crippen molar-refractivity contribution in [3.8, 4) is 0 Å². The van der Waals surface area contributed by atoms with E-state index in [1.807, 2.05) is 0 Å². The lowest BCUT2D eigenvalue weighted by atomic mass is 10.0. The van der Waals surface area contributed by atoms with Gasteiger partial charge in [0.15, 0.2) is 0 Å². The Balaban J connectivity index is 1.51. The van der Waals surface area contributed by atoms with E-state index in [2.05, 4.69) is 41.0 Å². The van der Waals surface area contributed by atoms with Gasteiger partial charge < -0.3 is 14.6 Å². The molecule has 0 aliphatic carbocycles. The number of hydrogen-bond acceptors (Lipinski definition) is 5. The Bertz CT molecular complexity index is 491. The summed E-state index contributed by atoms with van der Waals surface area (Å²) in [6.45, 7) is 9.44. The number of aliphatic hydroxyl groups excluding tert-OH is 1. The first kappa shape index (κ1) is 16.9. The molecule has 5 heteroatoms. The van der Waals surface area contributed by atoms with Crippen molar-refractivity contribution < 1.29 is 14.6 Å². The minimum absolute atomic E-state index is 0.112. The highest BCUT2D eigenvalue weighted by molar-refractivity contribution is 5.28. The fourth-order valence-corrected chi connectivity index (χ4v) is 3.44. The van der Waals surface area contributed by atoms with Crippen LogP contribution in [0.4, 0.5) is 0 Å². The normalized spacial score (nSPS) is 25.4. The van der Waals surface area contributed by atoms with Crippen LogP contribution < -0.4 is 0 Å². The standard InChI is InChI=1S/C18H28N2O3/c1-15-4-2-3-5-17(15)18-14-20(8-11-23-18)13-16(21)12-19-6-9-22-10-7-19/h2-5,16,18,21H,6-14H2,1H3. The summed E-state index contributed by atoms with van der Waals surface area (Å²) in [7, 11) is 0. The minimum atomic E-state index is -0.316. The number of rotatable bonds is 5. The van der Waals surface area contributed by atoms with Crippen molar-refractivity contribution >= 4 is 0 Å². The molecule has 2 aliphatic rings. The molecular formula is C18H28N2O3. The highest BCUT2D eigenvalue weighted by Crippen LogP contribution is 2.25. The first-order valence-corrected chi connectivity index (χ1v) is 8.60. The lowest BCUT2D eigenvalue weighted by Crippen LogP contribution is -2.47. The van der Waals surface area contributed by atoms with Gasteiger partial charge >= 0.3 is 0 Å². The summed E-state index contributed by atoms with van der Waals surface area (Å²) in [5, 5.41) is 10.4. The average Bonchev–Trinajstić information content (AvgIpc) is 2.56. The summed E-state index contributed by atoms with van der Waals surface area (Å²) >= 11 is 0. The van der Waals surface area contributed by atoms with E-state index in [-0.39, 0.29) is 12.2 Å². The molecule has 128 valence electrons. The first-order valence-electron chi connectivity index (χ1n) is 8.60. The zero-order chi connectivity index (χ0) is 16.1. The van der Waals surface area contributed by atoms with Crippen molar-refractivity contribution in [1.29, 1.82) is 0 Å². The molecule has 1 aromatic carbocycles. The van der Waals surface area contributed by atoms with Crippen LogP contribution >= 0.6 is 0 Å². The number of aryl methyl sites for hydroxylation is 1. The number of β-amino-alcohol motifs (C(OH)–C–C–N with tert-alkyl or cyclic N) is 1. The van der Waals surface area contributed by atoms with Crippen molar-refractivity contribution in [2.45, 2.75) is 19.1 Å². The van der Waals surface area contributed by atoms with Gasteiger partial charge in [0.1, 0.15) is 0 Å². The molecule has 0 aromatic heterocycles. The monoisotopic (exact) mass is 320 g/mol. The second-order valence-electron chi connectivity index (χ2n) is 6.54. The van der Waals surface area contributed by atoms with E-state index in [0.29, 0.717) is 6.54 Å². The van der Waals surface area contributed by atoms with Crippen molar-refractivity contribution in [1.82, 2.24) is 9.80 Å². The van der Waals surface area contributed by atoms with Gasteiger partial charge in [0.2, 0.25) is 0 Å². The SMILES string of the molecule is Cc1ccccc1C1CN(CC(O)CN2CCOCC2)CCO1. The Labute approximate surface area is 138 Å². The van der Waals surface area contributed by atoms with Gasteiger partial charge in [-0.15, -0.1) is 0 Å². The Kier molecular flexibility index (Phi) is 6.02. The zero-order valence-corrected chi connectivity index (χ0v) is 14.0. The van der Waals surface area contributed by atoms with Crippen molar-refractivity contribution in [2.24, 2.45) is 0 Å². The molecule has 2 atom stereocenters. The van der Waals surface area contributed by atoms with Crippen molar-refractivity contribution in [3.63, 3.8) is 0 Å². The lowest BCUT2D eigenvalue weighted by Gasteiger charge is -2.36. The molecule has 0 saturated carbocycles. The van der Waals surface area contributed by atoms with Gasteiger partial charge in [-0.3, -0.25) is 9.80 Å². The van der Waals surface area contributed by atoms with Crippen LogP contribution in [-0.2, 0) is 9.47 Å². The first-order chi connectivity index (χ1) is 11.2. The Morgan fingerprint density at radius 1 is 1.09 bits per heavy atom. The van der Waals surface area contributed by atoms with Gasteiger partial charge in [0.05, 0.1) is 32.0 Å². The smallest absolute Gasteiger partial charge is 0.0954 e. The van der Waals surface area contributed by atoms with E-state index in [1.54, 1.807) is 0 Å². The van der Waals surface area contributed by atoms with Gasteiger partial charge in [-0.05, 0) is 18.1 Å². The third-order valence-electron chi connectivity index (χ3n) is 4.73. The van der Waals surface area contributed by atoms with E-state index < -0.39 is 0 Å². The van der Waals surface area contributed by atoms with Gasteiger partial charge in [0.25, 0.3) is 0 Å². The molecule has 2 fully saturated rings. The molecular weight excluding hydrogens is 292 g/mol. The minimum Gasteiger partial charge on any atom is -0.390 e. The van der Waals surface area contributed by atoms with E-state index in [4.69, 9.17) is 9.47 Å². The predicted octanol–water partition coefficient (Wildman–Crippen LogP) is 1.06. The topological polar surface area (TPSA) is 45.2 Å². The largest absolute Gasteiger partial charge is 0.390 e. The van der Waals surface area contributed by atoms with Crippen molar-refractivity contribution in [3.05, 3.63) is 35.4 Å². The fraction of sp³-hybridized carbons (Fsp3) is 0.667. The summed E-state index contributed by atoms with van der Waals surface area (Å²) in [6, 6.07) is 8.40. The van der Waals surface area contributed by atoms with E-state index in [1.165, 1.54) is 11.1 Å². The Hall–Kier alpha value is -0.980. The summed E-state index contributed by atoms with van der Waals surface area (Å²) < 4.78 is 11.3. The number of aliphatic hydroxyl groups is 1. The molecule has 3 rings (SSSR count). The van der Waals surface area contributed by atoms with E-state index in [0.717, 1.165) is 52.5 Å². The molecule has 2 aliphatic heterocycles. The fourth-order valence-electron chi connectivity index (χ4n) is 3.44. The molecule has 2 heterocycles. The maximum atomic E-state index is 10.4. The van der Waals surface area contributed by atoms with Gasteiger partial charge in [0, 0.05) is 39.3 Å².